The minimum Gasteiger partial charge on any atom is -0.307 e. The van der Waals surface area contributed by atoms with E-state index < -0.39 is 11.8 Å². The molecule has 0 atom stereocenters. The van der Waals surface area contributed by atoms with Crippen LogP contribution in [0, 0.1) is 5.41 Å². The average Bonchev–Trinajstić information content (AvgIpc) is 2.92. The van der Waals surface area contributed by atoms with Crippen LogP contribution in [0.15, 0.2) is 85.2 Å². The van der Waals surface area contributed by atoms with Crippen molar-refractivity contribution in [3.63, 3.8) is 0 Å². The fraction of sp³-hybridized carbons (Fsp3) is 0. The SMILES string of the molecule is N=C(NO)c1ccc(C(=O)Nc2cc(C(=O)NO)cc(-c3ccc(-c4cccnc4)cc3)n2)cc1. The summed E-state index contributed by atoms with van der Waals surface area (Å²) in [5.74, 6) is -1.35. The highest BCUT2D eigenvalue weighted by Gasteiger charge is 2.14. The zero-order valence-electron chi connectivity index (χ0n) is 18.2. The molecule has 0 aliphatic heterocycles. The van der Waals surface area contributed by atoms with Crippen molar-refractivity contribution in [1.29, 1.82) is 5.41 Å². The summed E-state index contributed by atoms with van der Waals surface area (Å²) in [5, 5.41) is 28.1. The highest BCUT2D eigenvalue weighted by molar-refractivity contribution is 6.05. The molecule has 10 heteroatoms. The lowest BCUT2D eigenvalue weighted by atomic mass is 10.0. The molecule has 2 aromatic carbocycles. The van der Waals surface area contributed by atoms with Gasteiger partial charge in [0.25, 0.3) is 11.8 Å². The maximum Gasteiger partial charge on any atom is 0.274 e. The lowest BCUT2D eigenvalue weighted by Gasteiger charge is -2.11. The van der Waals surface area contributed by atoms with Gasteiger partial charge >= 0.3 is 0 Å². The molecule has 0 bridgehead atoms. The molecule has 0 radical (unpaired) electrons. The summed E-state index contributed by atoms with van der Waals surface area (Å²) in [6, 6.07) is 20.1. The van der Waals surface area contributed by atoms with E-state index in [1.807, 2.05) is 36.4 Å². The Kier molecular flexibility index (Phi) is 6.86. The number of nitrogens with zero attached hydrogens (tertiary/aromatic N) is 2. The topological polar surface area (TPSA) is 160 Å². The Bertz CT molecular complexity index is 1370. The van der Waals surface area contributed by atoms with Crippen LogP contribution in [0.4, 0.5) is 5.82 Å². The predicted octanol–water partition coefficient (Wildman–Crippen LogP) is 3.49. The highest BCUT2D eigenvalue weighted by atomic mass is 16.5. The Hall–Kier alpha value is -4.93. The predicted molar refractivity (Wildman–Crippen MR) is 128 cm³/mol. The van der Waals surface area contributed by atoms with Crippen molar-refractivity contribution in [2.75, 3.05) is 5.32 Å². The van der Waals surface area contributed by atoms with Crippen LogP contribution >= 0.6 is 0 Å². The Morgan fingerprint density at radius 1 is 0.743 bits per heavy atom. The van der Waals surface area contributed by atoms with Gasteiger partial charge in [0, 0.05) is 34.6 Å². The molecule has 35 heavy (non-hydrogen) atoms. The summed E-state index contributed by atoms with van der Waals surface area (Å²) in [6.45, 7) is 0. The summed E-state index contributed by atoms with van der Waals surface area (Å²) < 4.78 is 0. The number of nitrogens with one attached hydrogen (secondary N) is 4. The quantitative estimate of drug-likeness (QED) is 0.109. The number of carbonyl (C=O) groups is 2. The molecule has 0 fully saturated rings. The standard InChI is InChI=1S/C25H20N6O4/c26-23(30-34)17-7-9-18(10-8-17)24(32)29-22-13-20(25(33)31-35)12-21(28-22)16-5-3-15(4-6-16)19-2-1-11-27-14-19/h1-14,34-35H,(H2,26,30)(H,31,33)(H,28,29,32). The highest BCUT2D eigenvalue weighted by Crippen LogP contribution is 2.25. The van der Waals surface area contributed by atoms with Crippen molar-refractivity contribution in [3.8, 4) is 22.4 Å². The fourth-order valence-electron chi connectivity index (χ4n) is 3.35. The van der Waals surface area contributed by atoms with Gasteiger partial charge in [0.05, 0.1) is 5.69 Å². The lowest BCUT2D eigenvalue weighted by Crippen LogP contribution is -2.20. The largest absolute Gasteiger partial charge is 0.307 e. The second-order valence-corrected chi connectivity index (χ2v) is 7.40. The molecule has 4 rings (SSSR count). The number of hydroxylamine groups is 2. The number of aromatic nitrogens is 2. The van der Waals surface area contributed by atoms with Gasteiger partial charge in [-0.2, -0.15) is 0 Å². The first-order valence-corrected chi connectivity index (χ1v) is 10.4. The van der Waals surface area contributed by atoms with Gasteiger partial charge in [0.15, 0.2) is 0 Å². The Labute approximate surface area is 199 Å². The Balaban J connectivity index is 1.62. The number of anilines is 1. The molecule has 0 saturated carbocycles. The van der Waals surface area contributed by atoms with Crippen LogP contribution < -0.4 is 16.3 Å². The number of carbonyl (C=O) groups excluding carboxylic acids is 2. The Morgan fingerprint density at radius 2 is 1.43 bits per heavy atom. The van der Waals surface area contributed by atoms with Crippen LogP contribution in [0.5, 0.6) is 0 Å². The second kappa shape index (κ2) is 10.3. The van der Waals surface area contributed by atoms with Gasteiger partial charge in [-0.05, 0) is 41.5 Å². The van der Waals surface area contributed by atoms with E-state index in [1.165, 1.54) is 36.4 Å². The normalized spacial score (nSPS) is 10.3. The smallest absolute Gasteiger partial charge is 0.274 e. The van der Waals surface area contributed by atoms with Crippen LogP contribution in [0.25, 0.3) is 22.4 Å². The van der Waals surface area contributed by atoms with E-state index in [0.29, 0.717) is 16.8 Å². The first kappa shape index (κ1) is 23.2. The van der Waals surface area contributed by atoms with E-state index >= 15 is 0 Å². The van der Waals surface area contributed by atoms with Crippen molar-refractivity contribution < 1.29 is 20.0 Å². The van der Waals surface area contributed by atoms with Crippen LogP contribution in [0.1, 0.15) is 26.3 Å². The molecule has 2 heterocycles. The molecule has 0 saturated heterocycles. The molecule has 0 aliphatic carbocycles. The summed E-state index contributed by atoms with van der Waals surface area (Å²) in [4.78, 5) is 33.4. The first-order valence-electron chi connectivity index (χ1n) is 10.4. The fourth-order valence-corrected chi connectivity index (χ4v) is 3.35. The zero-order chi connectivity index (χ0) is 24.8. The van der Waals surface area contributed by atoms with Gasteiger partial charge < -0.3 is 5.32 Å². The Morgan fingerprint density at radius 3 is 2.06 bits per heavy atom. The summed E-state index contributed by atoms with van der Waals surface area (Å²) in [7, 11) is 0. The van der Waals surface area contributed by atoms with Crippen LogP contribution in [-0.2, 0) is 0 Å². The molecule has 0 spiro atoms. The van der Waals surface area contributed by atoms with E-state index in [-0.39, 0.29) is 22.8 Å². The molecule has 0 unspecified atom stereocenters. The second-order valence-electron chi connectivity index (χ2n) is 7.40. The molecule has 10 nitrogen and oxygen atoms in total. The molecular formula is C25H20N6O4. The first-order chi connectivity index (χ1) is 17.0. The maximum atomic E-state index is 12.7. The number of benzene rings is 2. The monoisotopic (exact) mass is 468 g/mol. The minimum absolute atomic E-state index is 0.0990. The van der Waals surface area contributed by atoms with Crippen molar-refractivity contribution in [3.05, 3.63) is 102 Å². The third kappa shape index (κ3) is 5.36. The van der Waals surface area contributed by atoms with E-state index in [9.17, 15) is 9.59 Å². The number of hydrogen-bond donors (Lipinski definition) is 6. The van der Waals surface area contributed by atoms with Crippen LogP contribution in [-0.4, -0.2) is 38.0 Å². The average molecular weight is 468 g/mol. The molecular weight excluding hydrogens is 448 g/mol. The van der Waals surface area contributed by atoms with Gasteiger partial charge in [0.2, 0.25) is 0 Å². The maximum absolute atomic E-state index is 12.7. The van der Waals surface area contributed by atoms with Crippen LogP contribution in [0.2, 0.25) is 0 Å². The molecule has 4 aromatic rings. The van der Waals surface area contributed by atoms with Crippen molar-refractivity contribution >= 4 is 23.5 Å². The summed E-state index contributed by atoms with van der Waals surface area (Å²) in [6.07, 6.45) is 3.45. The van der Waals surface area contributed by atoms with Crippen molar-refractivity contribution in [2.45, 2.75) is 0 Å². The van der Waals surface area contributed by atoms with Gasteiger partial charge in [-0.15, -0.1) is 0 Å². The van der Waals surface area contributed by atoms with Crippen molar-refractivity contribution in [1.82, 2.24) is 20.9 Å². The number of hydrogen-bond acceptors (Lipinski definition) is 7. The zero-order valence-corrected chi connectivity index (χ0v) is 18.2. The molecule has 2 aromatic heterocycles. The van der Waals surface area contributed by atoms with E-state index in [0.717, 1.165) is 11.1 Å². The van der Waals surface area contributed by atoms with Gasteiger partial charge in [-0.1, -0.05) is 42.5 Å². The van der Waals surface area contributed by atoms with Gasteiger partial charge in [-0.25, -0.2) is 10.5 Å². The third-order valence-electron chi connectivity index (χ3n) is 5.15. The third-order valence-corrected chi connectivity index (χ3v) is 5.15. The molecule has 2 amide bonds. The number of rotatable bonds is 6. The molecule has 0 aliphatic rings. The van der Waals surface area contributed by atoms with Gasteiger partial charge in [0.1, 0.15) is 11.7 Å². The van der Waals surface area contributed by atoms with Crippen LogP contribution in [0.3, 0.4) is 0 Å². The van der Waals surface area contributed by atoms with E-state index in [2.05, 4.69) is 15.3 Å². The van der Waals surface area contributed by atoms with Crippen molar-refractivity contribution in [2.24, 2.45) is 0 Å². The number of pyridine rings is 2. The minimum atomic E-state index is -0.754. The van der Waals surface area contributed by atoms with E-state index in [1.54, 1.807) is 23.4 Å². The molecule has 174 valence electrons. The van der Waals surface area contributed by atoms with E-state index in [4.69, 9.17) is 15.8 Å². The summed E-state index contributed by atoms with van der Waals surface area (Å²) >= 11 is 0. The summed E-state index contributed by atoms with van der Waals surface area (Å²) in [5.41, 5.74) is 7.11. The lowest BCUT2D eigenvalue weighted by molar-refractivity contribution is 0.0706. The number of amidine groups is 1. The van der Waals surface area contributed by atoms with Gasteiger partial charge in [-0.3, -0.25) is 35.9 Å². The number of amides is 2. The molecule has 6 N–H and O–H groups in total.